The molecule has 0 aliphatic heterocycles. The molecule has 3 rings (SSSR count). The number of oxazole rings is 1. The highest BCUT2D eigenvalue weighted by Crippen LogP contribution is 2.20. The Morgan fingerprint density at radius 2 is 1.86 bits per heavy atom. The van der Waals surface area contributed by atoms with Gasteiger partial charge in [0.2, 0.25) is 0 Å². The van der Waals surface area contributed by atoms with Gasteiger partial charge in [0.05, 0.1) is 12.6 Å². The summed E-state index contributed by atoms with van der Waals surface area (Å²) in [5.74, 6) is 0.198. The number of nitrogens with one attached hydrogen (secondary N) is 1. The van der Waals surface area contributed by atoms with Crippen LogP contribution in [0.4, 0.5) is 0 Å². The number of rotatable bonds is 8. The molecule has 2 aromatic carbocycles. The zero-order valence-electron chi connectivity index (χ0n) is 15.9. The summed E-state index contributed by atoms with van der Waals surface area (Å²) in [5, 5.41) is 3.28. The fourth-order valence-electron chi connectivity index (χ4n) is 2.65. The number of aromatic nitrogens is 1. The first kappa shape index (κ1) is 20.6. The van der Waals surface area contributed by atoms with E-state index in [1.807, 2.05) is 48.5 Å². The van der Waals surface area contributed by atoms with Crippen molar-refractivity contribution < 1.29 is 18.7 Å². The summed E-state index contributed by atoms with van der Waals surface area (Å²) in [6, 6.07) is 16.8. The van der Waals surface area contributed by atoms with E-state index in [0.717, 1.165) is 11.1 Å². The number of hydrogen-bond acceptors (Lipinski definition) is 5. The summed E-state index contributed by atoms with van der Waals surface area (Å²) in [7, 11) is 0. The summed E-state index contributed by atoms with van der Waals surface area (Å²) >= 11 is 6.06. The van der Waals surface area contributed by atoms with E-state index in [2.05, 4.69) is 10.3 Å². The number of benzene rings is 2. The van der Waals surface area contributed by atoms with Crippen LogP contribution < -0.4 is 5.32 Å². The molecule has 7 heteroatoms. The van der Waals surface area contributed by atoms with E-state index in [0.29, 0.717) is 23.1 Å². The first-order valence-electron chi connectivity index (χ1n) is 9.23. The van der Waals surface area contributed by atoms with Crippen LogP contribution in [0.2, 0.25) is 5.02 Å². The molecule has 150 valence electrons. The highest BCUT2D eigenvalue weighted by Gasteiger charge is 2.18. The first-order chi connectivity index (χ1) is 14.0. The van der Waals surface area contributed by atoms with Crippen molar-refractivity contribution >= 4 is 23.5 Å². The molecule has 0 saturated heterocycles. The molecule has 1 heterocycles. The average Bonchev–Trinajstić information content (AvgIpc) is 3.21. The number of aryl methyl sites for hydroxylation is 1. The predicted octanol–water partition coefficient (Wildman–Crippen LogP) is 4.18. The van der Waals surface area contributed by atoms with Crippen LogP contribution in [-0.2, 0) is 27.3 Å². The zero-order valence-corrected chi connectivity index (χ0v) is 16.7. The summed E-state index contributed by atoms with van der Waals surface area (Å²) in [4.78, 5) is 28.4. The van der Waals surface area contributed by atoms with E-state index in [-0.39, 0.29) is 18.9 Å². The first-order valence-corrected chi connectivity index (χ1v) is 9.61. The van der Waals surface area contributed by atoms with Gasteiger partial charge in [0, 0.05) is 23.6 Å². The standard InChI is InChI=1S/C22H21ClN2O4/c1-15(22(27)25-13-17-9-5-6-10-18(17)23)28-21(26)12-11-20-24-14-19(29-20)16-7-3-2-4-8-16/h2-10,14-15H,11-13H2,1H3,(H,25,27). The number of carbonyl (C=O) groups is 2. The number of amides is 1. The highest BCUT2D eigenvalue weighted by atomic mass is 35.5. The number of halogens is 1. The SMILES string of the molecule is CC(OC(=O)CCc1ncc(-c2ccccc2)o1)C(=O)NCc1ccccc1Cl. The molecule has 1 aromatic heterocycles. The molecule has 6 nitrogen and oxygen atoms in total. The Morgan fingerprint density at radius 1 is 1.14 bits per heavy atom. The molecular formula is C22H21ClN2O4. The van der Waals surface area contributed by atoms with E-state index in [9.17, 15) is 9.59 Å². The molecule has 1 atom stereocenters. The van der Waals surface area contributed by atoms with Gasteiger partial charge in [0.25, 0.3) is 5.91 Å². The summed E-state index contributed by atoms with van der Waals surface area (Å²) in [6.07, 6.45) is 1.08. The van der Waals surface area contributed by atoms with Crippen molar-refractivity contribution in [1.82, 2.24) is 10.3 Å². The lowest BCUT2D eigenvalue weighted by molar-refractivity contribution is -0.154. The Hall–Kier alpha value is -3.12. The highest BCUT2D eigenvalue weighted by molar-refractivity contribution is 6.31. The molecule has 0 saturated carbocycles. The van der Waals surface area contributed by atoms with Crippen LogP contribution in [0, 0.1) is 0 Å². The second kappa shape index (κ2) is 9.89. The largest absolute Gasteiger partial charge is 0.453 e. The minimum Gasteiger partial charge on any atom is -0.453 e. The van der Waals surface area contributed by atoms with Crippen LogP contribution in [-0.4, -0.2) is 23.0 Å². The van der Waals surface area contributed by atoms with Crippen molar-refractivity contribution in [3.63, 3.8) is 0 Å². The summed E-state index contributed by atoms with van der Waals surface area (Å²) in [5.41, 5.74) is 1.71. The van der Waals surface area contributed by atoms with Gasteiger partial charge in [0.15, 0.2) is 17.8 Å². The molecule has 29 heavy (non-hydrogen) atoms. The number of hydrogen-bond donors (Lipinski definition) is 1. The van der Waals surface area contributed by atoms with Crippen molar-refractivity contribution in [2.24, 2.45) is 0 Å². The Morgan fingerprint density at radius 3 is 2.62 bits per heavy atom. The maximum Gasteiger partial charge on any atom is 0.307 e. The molecule has 0 bridgehead atoms. The van der Waals surface area contributed by atoms with Gasteiger partial charge in [0.1, 0.15) is 0 Å². The van der Waals surface area contributed by atoms with Gasteiger partial charge in [-0.1, -0.05) is 60.1 Å². The smallest absolute Gasteiger partial charge is 0.307 e. The lowest BCUT2D eigenvalue weighted by atomic mass is 10.2. The minimum atomic E-state index is -0.908. The van der Waals surface area contributed by atoms with Gasteiger partial charge >= 0.3 is 5.97 Å². The molecule has 1 unspecified atom stereocenters. The third kappa shape index (κ3) is 5.93. The number of ether oxygens (including phenoxy) is 1. The van der Waals surface area contributed by atoms with Crippen molar-refractivity contribution in [2.45, 2.75) is 32.4 Å². The van der Waals surface area contributed by atoms with Crippen LogP contribution in [0.5, 0.6) is 0 Å². The van der Waals surface area contributed by atoms with E-state index in [1.165, 1.54) is 6.92 Å². The van der Waals surface area contributed by atoms with E-state index >= 15 is 0 Å². The summed E-state index contributed by atoms with van der Waals surface area (Å²) in [6.45, 7) is 1.79. The van der Waals surface area contributed by atoms with Crippen molar-refractivity contribution in [3.05, 3.63) is 77.3 Å². The van der Waals surface area contributed by atoms with Crippen LogP contribution >= 0.6 is 11.6 Å². The van der Waals surface area contributed by atoms with E-state index in [4.69, 9.17) is 20.8 Å². The lowest BCUT2D eigenvalue weighted by Gasteiger charge is -2.13. The fourth-order valence-corrected chi connectivity index (χ4v) is 2.85. The number of carbonyl (C=O) groups excluding carboxylic acids is 2. The van der Waals surface area contributed by atoms with Gasteiger partial charge in [-0.05, 0) is 18.6 Å². The number of nitrogens with zero attached hydrogens (tertiary/aromatic N) is 1. The predicted molar refractivity (Wildman–Crippen MR) is 109 cm³/mol. The molecule has 1 N–H and O–H groups in total. The Bertz CT molecular complexity index is 972. The third-order valence-electron chi connectivity index (χ3n) is 4.24. The summed E-state index contributed by atoms with van der Waals surface area (Å²) < 4.78 is 10.9. The zero-order chi connectivity index (χ0) is 20.6. The monoisotopic (exact) mass is 412 g/mol. The van der Waals surface area contributed by atoms with Gasteiger partial charge < -0.3 is 14.5 Å². The molecule has 3 aromatic rings. The molecule has 0 radical (unpaired) electrons. The van der Waals surface area contributed by atoms with Crippen LogP contribution in [0.25, 0.3) is 11.3 Å². The molecular weight excluding hydrogens is 392 g/mol. The topological polar surface area (TPSA) is 81.4 Å². The molecule has 0 spiro atoms. The normalized spacial score (nSPS) is 11.7. The second-order valence-corrected chi connectivity index (χ2v) is 6.83. The van der Waals surface area contributed by atoms with Gasteiger partial charge in [-0.25, -0.2) is 4.98 Å². The Balaban J connectivity index is 1.43. The van der Waals surface area contributed by atoms with E-state index < -0.39 is 12.1 Å². The van der Waals surface area contributed by atoms with Gasteiger partial charge in [-0.15, -0.1) is 0 Å². The third-order valence-corrected chi connectivity index (χ3v) is 4.61. The van der Waals surface area contributed by atoms with Crippen molar-refractivity contribution in [1.29, 1.82) is 0 Å². The molecule has 0 aliphatic carbocycles. The molecule has 1 amide bonds. The van der Waals surface area contributed by atoms with Crippen molar-refractivity contribution in [3.8, 4) is 11.3 Å². The second-order valence-electron chi connectivity index (χ2n) is 6.43. The molecule has 0 aliphatic rings. The maximum atomic E-state index is 12.1. The van der Waals surface area contributed by atoms with Crippen LogP contribution in [0.1, 0.15) is 24.8 Å². The lowest BCUT2D eigenvalue weighted by Crippen LogP contribution is -2.35. The van der Waals surface area contributed by atoms with Crippen LogP contribution in [0.15, 0.2) is 65.2 Å². The van der Waals surface area contributed by atoms with Crippen molar-refractivity contribution in [2.75, 3.05) is 0 Å². The fraction of sp³-hybridized carbons (Fsp3) is 0.227. The minimum absolute atomic E-state index is 0.0663. The van der Waals surface area contributed by atoms with Crippen LogP contribution in [0.3, 0.4) is 0 Å². The maximum absolute atomic E-state index is 12.1. The van der Waals surface area contributed by atoms with E-state index in [1.54, 1.807) is 12.3 Å². The number of esters is 1. The Labute approximate surface area is 173 Å². The average molecular weight is 413 g/mol. The molecule has 0 fully saturated rings. The Kier molecular flexibility index (Phi) is 7.03. The van der Waals surface area contributed by atoms with Gasteiger partial charge in [-0.2, -0.15) is 0 Å². The quantitative estimate of drug-likeness (QED) is 0.561. The van der Waals surface area contributed by atoms with Gasteiger partial charge in [-0.3, -0.25) is 9.59 Å².